The van der Waals surface area contributed by atoms with Crippen LogP contribution in [-0.2, 0) is 9.84 Å². The lowest BCUT2D eigenvalue weighted by Crippen LogP contribution is -2.20. The molecule has 0 radical (unpaired) electrons. The largest absolute Gasteiger partial charge is 0.419 e. The van der Waals surface area contributed by atoms with E-state index in [9.17, 15) is 18.5 Å². The second-order valence-electron chi connectivity index (χ2n) is 5.33. The van der Waals surface area contributed by atoms with Crippen molar-refractivity contribution in [2.75, 3.05) is 16.8 Å². The molecule has 24 heavy (non-hydrogen) atoms. The van der Waals surface area contributed by atoms with Gasteiger partial charge in [-0.3, -0.25) is 10.1 Å². The minimum atomic E-state index is -3.10. The van der Waals surface area contributed by atoms with Gasteiger partial charge in [-0.15, -0.1) is 0 Å². The van der Waals surface area contributed by atoms with E-state index in [4.69, 9.17) is 9.68 Å². The molecule has 3 rings (SSSR count). The van der Waals surface area contributed by atoms with Crippen LogP contribution in [0.3, 0.4) is 0 Å². The van der Waals surface area contributed by atoms with Crippen molar-refractivity contribution in [3.8, 4) is 17.5 Å². The Kier molecular flexibility index (Phi) is 3.94. The predicted octanol–water partition coefficient (Wildman–Crippen LogP) is 1.72. The molecule has 1 aromatic carbocycles. The average Bonchev–Trinajstić information content (AvgIpc) is 3.10. The second-order valence-corrected chi connectivity index (χ2v) is 7.56. The topological polar surface area (TPSA) is 139 Å². The van der Waals surface area contributed by atoms with E-state index in [0.717, 1.165) is 0 Å². The summed E-state index contributed by atoms with van der Waals surface area (Å²) < 4.78 is 28.5. The number of hydrogen-bond donors (Lipinski definition) is 1. The van der Waals surface area contributed by atoms with E-state index in [-0.39, 0.29) is 46.3 Å². The molecule has 124 valence electrons. The third-order valence-electron chi connectivity index (χ3n) is 3.63. The predicted molar refractivity (Wildman–Crippen MR) is 84.0 cm³/mol. The van der Waals surface area contributed by atoms with Gasteiger partial charge in [0.2, 0.25) is 17.5 Å². The highest BCUT2D eigenvalue weighted by Crippen LogP contribution is 2.32. The van der Waals surface area contributed by atoms with Gasteiger partial charge in [0.05, 0.1) is 16.4 Å². The Bertz CT molecular complexity index is 944. The fourth-order valence-corrected chi connectivity index (χ4v) is 4.19. The second kappa shape index (κ2) is 5.93. The van der Waals surface area contributed by atoms with Crippen molar-refractivity contribution >= 4 is 21.4 Å². The fraction of sp³-hybridized carbons (Fsp3) is 0.286. The first kappa shape index (κ1) is 15.9. The van der Waals surface area contributed by atoms with E-state index in [1.54, 1.807) is 6.07 Å². The molecular formula is C14H12N4O5S. The van der Waals surface area contributed by atoms with Crippen LogP contribution >= 0.6 is 0 Å². The zero-order valence-corrected chi connectivity index (χ0v) is 13.1. The number of aromatic nitrogens is 1. The highest BCUT2D eigenvalue weighted by molar-refractivity contribution is 7.91. The summed E-state index contributed by atoms with van der Waals surface area (Å²) >= 11 is 0. The number of hydrogen-bond acceptors (Lipinski definition) is 8. The van der Waals surface area contributed by atoms with E-state index in [1.807, 2.05) is 6.07 Å². The van der Waals surface area contributed by atoms with Crippen molar-refractivity contribution < 1.29 is 17.8 Å². The summed E-state index contributed by atoms with van der Waals surface area (Å²) in [4.78, 5) is 14.5. The van der Waals surface area contributed by atoms with E-state index >= 15 is 0 Å². The first-order valence-electron chi connectivity index (χ1n) is 7.01. The van der Waals surface area contributed by atoms with Gasteiger partial charge in [-0.25, -0.2) is 8.42 Å². The van der Waals surface area contributed by atoms with Crippen LogP contribution in [0.15, 0.2) is 28.7 Å². The van der Waals surface area contributed by atoms with Gasteiger partial charge in [0, 0.05) is 12.1 Å². The average molecular weight is 348 g/mol. The SMILES string of the molecule is N#Cc1nc(-c2ccccc2[N+](=O)[O-])oc1NC1CCS(=O)(=O)C1. The van der Waals surface area contributed by atoms with Crippen molar-refractivity contribution in [3.63, 3.8) is 0 Å². The molecule has 1 N–H and O–H groups in total. The molecule has 1 fully saturated rings. The van der Waals surface area contributed by atoms with Crippen LogP contribution < -0.4 is 5.32 Å². The first-order valence-corrected chi connectivity index (χ1v) is 8.83. The Hall–Kier alpha value is -2.93. The smallest absolute Gasteiger partial charge is 0.282 e. The molecule has 1 atom stereocenters. The molecule has 2 heterocycles. The van der Waals surface area contributed by atoms with Crippen molar-refractivity contribution in [1.29, 1.82) is 5.26 Å². The zero-order chi connectivity index (χ0) is 17.3. The summed E-state index contributed by atoms with van der Waals surface area (Å²) in [6.07, 6.45) is 0.398. The number of nitrogens with zero attached hydrogens (tertiary/aromatic N) is 3. The Labute approximate surface area is 137 Å². The normalized spacial score (nSPS) is 18.9. The van der Waals surface area contributed by atoms with Crippen molar-refractivity contribution in [3.05, 3.63) is 40.1 Å². The van der Waals surface area contributed by atoms with Crippen LogP contribution in [0.5, 0.6) is 0 Å². The lowest BCUT2D eigenvalue weighted by atomic mass is 10.2. The van der Waals surface area contributed by atoms with Gasteiger partial charge in [0.25, 0.3) is 5.69 Å². The van der Waals surface area contributed by atoms with Gasteiger partial charge in [-0.05, 0) is 12.5 Å². The molecule has 1 saturated heterocycles. The van der Waals surface area contributed by atoms with Gasteiger partial charge >= 0.3 is 0 Å². The van der Waals surface area contributed by atoms with E-state index in [2.05, 4.69) is 10.3 Å². The summed E-state index contributed by atoms with van der Waals surface area (Å²) in [5.74, 6) is -0.0353. The molecule has 1 aliphatic rings. The van der Waals surface area contributed by atoms with Gasteiger partial charge in [0.15, 0.2) is 9.84 Å². The third kappa shape index (κ3) is 3.07. The molecule has 0 bridgehead atoms. The summed E-state index contributed by atoms with van der Waals surface area (Å²) in [6.45, 7) is 0. The van der Waals surface area contributed by atoms with Gasteiger partial charge in [-0.2, -0.15) is 10.2 Å². The molecule has 2 aromatic rings. The van der Waals surface area contributed by atoms with Gasteiger partial charge in [0.1, 0.15) is 11.6 Å². The molecule has 10 heteroatoms. The third-order valence-corrected chi connectivity index (χ3v) is 5.40. The Balaban J connectivity index is 1.95. The summed E-state index contributed by atoms with van der Waals surface area (Å²) in [5.41, 5.74) is -0.128. The number of nitro groups is 1. The van der Waals surface area contributed by atoms with Crippen LogP contribution in [-0.4, -0.2) is 35.9 Å². The summed E-state index contributed by atoms with van der Waals surface area (Å²) in [6, 6.07) is 7.34. The van der Waals surface area contributed by atoms with Crippen LogP contribution in [0, 0.1) is 21.4 Å². The maximum absolute atomic E-state index is 11.5. The maximum atomic E-state index is 11.5. The molecule has 1 aromatic heterocycles. The van der Waals surface area contributed by atoms with E-state index in [1.165, 1.54) is 18.2 Å². The highest BCUT2D eigenvalue weighted by Gasteiger charge is 2.30. The molecule has 0 spiro atoms. The number of nitrogens with one attached hydrogen (secondary N) is 1. The molecular weight excluding hydrogens is 336 g/mol. The number of oxazole rings is 1. The van der Waals surface area contributed by atoms with Crippen molar-refractivity contribution in [2.45, 2.75) is 12.5 Å². The molecule has 9 nitrogen and oxygen atoms in total. The minimum Gasteiger partial charge on any atom is -0.419 e. The number of anilines is 1. The Morgan fingerprint density at radius 3 is 2.79 bits per heavy atom. The molecule has 1 unspecified atom stereocenters. The Morgan fingerprint density at radius 1 is 1.42 bits per heavy atom. The molecule has 1 aliphatic heterocycles. The molecule has 0 aliphatic carbocycles. The number of rotatable bonds is 4. The number of nitro benzene ring substituents is 1. The molecule has 0 amide bonds. The van der Waals surface area contributed by atoms with E-state index in [0.29, 0.717) is 6.42 Å². The van der Waals surface area contributed by atoms with Crippen LogP contribution in [0.1, 0.15) is 12.1 Å². The maximum Gasteiger partial charge on any atom is 0.282 e. The number of benzene rings is 1. The summed E-state index contributed by atoms with van der Waals surface area (Å²) in [7, 11) is -3.10. The highest BCUT2D eigenvalue weighted by atomic mass is 32.2. The standard InChI is InChI=1S/C14H12N4O5S/c15-7-11-14(16-9-5-6-24(21,22)8-9)23-13(17-11)10-3-1-2-4-12(10)18(19)20/h1-4,9,16H,5-6,8H2. The lowest BCUT2D eigenvalue weighted by molar-refractivity contribution is -0.384. The monoisotopic (exact) mass is 348 g/mol. The van der Waals surface area contributed by atoms with Gasteiger partial charge < -0.3 is 9.73 Å². The van der Waals surface area contributed by atoms with Gasteiger partial charge in [-0.1, -0.05) is 12.1 Å². The number of sulfone groups is 1. The fourth-order valence-electron chi connectivity index (χ4n) is 2.52. The van der Waals surface area contributed by atoms with E-state index < -0.39 is 14.8 Å². The van der Waals surface area contributed by atoms with Crippen LogP contribution in [0.2, 0.25) is 0 Å². The number of para-hydroxylation sites is 1. The minimum absolute atomic E-state index is 0.0211. The number of nitriles is 1. The van der Waals surface area contributed by atoms with Crippen LogP contribution in [0.25, 0.3) is 11.5 Å². The Morgan fingerprint density at radius 2 is 2.17 bits per heavy atom. The van der Waals surface area contributed by atoms with Crippen molar-refractivity contribution in [1.82, 2.24) is 4.98 Å². The summed E-state index contributed by atoms with van der Waals surface area (Å²) in [5, 5.41) is 23.1. The zero-order valence-electron chi connectivity index (χ0n) is 12.3. The van der Waals surface area contributed by atoms with Crippen LogP contribution in [0.4, 0.5) is 11.6 Å². The quantitative estimate of drug-likeness (QED) is 0.650. The first-order chi connectivity index (χ1) is 11.4. The van der Waals surface area contributed by atoms with Crippen molar-refractivity contribution in [2.24, 2.45) is 0 Å². The molecule has 0 saturated carbocycles. The lowest BCUT2D eigenvalue weighted by Gasteiger charge is -2.08.